The second-order valence-corrected chi connectivity index (χ2v) is 8.81. The summed E-state index contributed by atoms with van der Waals surface area (Å²) in [4.78, 5) is 33.1. The molecule has 1 aromatic heterocycles. The number of amides is 2. The van der Waals surface area contributed by atoms with Crippen LogP contribution in [0.15, 0.2) is 48.5 Å². The van der Waals surface area contributed by atoms with Crippen LogP contribution in [-0.2, 0) is 15.8 Å². The van der Waals surface area contributed by atoms with Crippen molar-refractivity contribution < 1.29 is 22.8 Å². The summed E-state index contributed by atoms with van der Waals surface area (Å²) in [5, 5.41) is 3.01. The van der Waals surface area contributed by atoms with E-state index in [1.165, 1.54) is 6.07 Å². The summed E-state index contributed by atoms with van der Waals surface area (Å²) in [6.07, 6.45) is -4.43. The number of carbonyl (C=O) groups is 2. The Morgan fingerprint density at radius 1 is 1.18 bits per heavy atom. The van der Waals surface area contributed by atoms with E-state index >= 15 is 0 Å². The van der Waals surface area contributed by atoms with E-state index in [0.717, 1.165) is 5.56 Å². The number of alkyl halides is 3. The summed E-state index contributed by atoms with van der Waals surface area (Å²) < 4.78 is 39.2. The van der Waals surface area contributed by atoms with Crippen LogP contribution >= 0.6 is 0 Å². The lowest BCUT2D eigenvalue weighted by molar-refractivity contribution is -0.144. The largest absolute Gasteiger partial charge is 0.449 e. The van der Waals surface area contributed by atoms with Crippen molar-refractivity contribution in [1.82, 2.24) is 20.2 Å². The van der Waals surface area contributed by atoms with Crippen molar-refractivity contribution in [2.24, 2.45) is 11.8 Å². The summed E-state index contributed by atoms with van der Waals surface area (Å²) >= 11 is 0. The second kappa shape index (κ2) is 8.88. The number of imidazole rings is 1. The van der Waals surface area contributed by atoms with Gasteiger partial charge in [-0.2, -0.15) is 13.2 Å². The van der Waals surface area contributed by atoms with E-state index in [2.05, 4.69) is 15.3 Å². The van der Waals surface area contributed by atoms with Gasteiger partial charge in [0.15, 0.2) is 0 Å². The molecule has 2 heterocycles. The number of nitrogens with zero attached hydrogens (tertiary/aromatic N) is 2. The third kappa shape index (κ3) is 5.02. The minimum atomic E-state index is -4.58. The highest BCUT2D eigenvalue weighted by atomic mass is 19.4. The highest BCUT2D eigenvalue weighted by molar-refractivity contribution is 5.89. The highest BCUT2D eigenvalue weighted by Gasteiger charge is 2.36. The van der Waals surface area contributed by atoms with Gasteiger partial charge in [0.1, 0.15) is 0 Å². The van der Waals surface area contributed by atoms with Gasteiger partial charge in [-0.3, -0.25) is 9.59 Å². The van der Waals surface area contributed by atoms with Crippen molar-refractivity contribution in [2.75, 3.05) is 13.1 Å². The first-order chi connectivity index (χ1) is 15.6. The average molecular weight is 458 g/mol. The number of carbonyl (C=O) groups excluding carboxylic acids is 2. The predicted molar refractivity (Wildman–Crippen MR) is 117 cm³/mol. The van der Waals surface area contributed by atoms with Crippen LogP contribution in [0.5, 0.6) is 0 Å². The van der Waals surface area contributed by atoms with Crippen molar-refractivity contribution in [2.45, 2.75) is 32.5 Å². The van der Waals surface area contributed by atoms with Crippen LogP contribution in [-0.4, -0.2) is 39.8 Å². The standard InChI is InChI=1S/C24H25F3N4O2/c1-14(2)12-31-13-17(11-20(31)32)22(33)30-21(15-6-4-3-5-7-15)16-8-9-18-19(10-16)29-23(28-18)24(25,26)27/h3-10,14,17,21H,11-13H2,1-2H3,(H,28,29)(H,30,33)/t17-,21-/m1/s1. The van der Waals surface area contributed by atoms with Gasteiger partial charge in [0.05, 0.1) is 23.0 Å². The van der Waals surface area contributed by atoms with Crippen LogP contribution in [0.3, 0.4) is 0 Å². The van der Waals surface area contributed by atoms with E-state index in [0.29, 0.717) is 24.6 Å². The fraction of sp³-hybridized carbons (Fsp3) is 0.375. The molecular formula is C24H25F3N4O2. The SMILES string of the molecule is CC(C)CN1C[C@H](C(=O)N[C@H](c2ccccc2)c2ccc3nc(C(F)(F)F)[nH]c3c2)CC1=O. The van der Waals surface area contributed by atoms with Gasteiger partial charge < -0.3 is 15.2 Å². The Bertz CT molecular complexity index is 1160. The zero-order chi connectivity index (χ0) is 23.8. The first-order valence-electron chi connectivity index (χ1n) is 10.8. The lowest BCUT2D eigenvalue weighted by Crippen LogP contribution is -2.36. The number of likely N-dealkylation sites (tertiary alicyclic amines) is 1. The van der Waals surface area contributed by atoms with Crippen molar-refractivity contribution in [3.63, 3.8) is 0 Å². The quantitative estimate of drug-likeness (QED) is 0.579. The van der Waals surface area contributed by atoms with Crippen LogP contribution in [0.2, 0.25) is 0 Å². The minimum absolute atomic E-state index is 0.0429. The van der Waals surface area contributed by atoms with Crippen molar-refractivity contribution in [1.29, 1.82) is 0 Å². The zero-order valence-electron chi connectivity index (χ0n) is 18.3. The third-order valence-corrected chi connectivity index (χ3v) is 5.70. The number of H-pyrrole nitrogens is 1. The minimum Gasteiger partial charge on any atom is -0.345 e. The number of nitrogens with one attached hydrogen (secondary N) is 2. The van der Waals surface area contributed by atoms with Gasteiger partial charge in [0.25, 0.3) is 0 Å². The number of hydrogen-bond acceptors (Lipinski definition) is 3. The van der Waals surface area contributed by atoms with E-state index in [-0.39, 0.29) is 29.3 Å². The number of benzene rings is 2. The summed E-state index contributed by atoms with van der Waals surface area (Å²) in [5.74, 6) is -1.54. The first-order valence-corrected chi connectivity index (χ1v) is 10.8. The van der Waals surface area contributed by atoms with Crippen LogP contribution in [0.4, 0.5) is 13.2 Å². The molecule has 0 bridgehead atoms. The molecule has 2 amide bonds. The molecule has 6 nitrogen and oxygen atoms in total. The Hall–Kier alpha value is -3.36. The number of fused-ring (bicyclic) bond motifs is 1. The van der Waals surface area contributed by atoms with Gasteiger partial charge in [0, 0.05) is 19.5 Å². The average Bonchev–Trinajstić information content (AvgIpc) is 3.35. The van der Waals surface area contributed by atoms with Gasteiger partial charge in [-0.05, 0) is 29.2 Å². The van der Waals surface area contributed by atoms with E-state index in [1.807, 2.05) is 44.2 Å². The number of halogens is 3. The number of aromatic amines is 1. The normalized spacial score (nSPS) is 17.7. The maximum absolute atomic E-state index is 13.1. The Morgan fingerprint density at radius 2 is 1.91 bits per heavy atom. The molecule has 1 aliphatic heterocycles. The maximum Gasteiger partial charge on any atom is 0.449 e. The number of rotatable bonds is 6. The van der Waals surface area contributed by atoms with E-state index in [4.69, 9.17) is 0 Å². The molecule has 0 spiro atoms. The number of hydrogen-bond donors (Lipinski definition) is 2. The maximum atomic E-state index is 13.1. The van der Waals surface area contributed by atoms with Crippen molar-refractivity contribution >= 4 is 22.8 Å². The zero-order valence-corrected chi connectivity index (χ0v) is 18.3. The highest BCUT2D eigenvalue weighted by Crippen LogP contribution is 2.31. The Balaban J connectivity index is 1.61. The summed E-state index contributed by atoms with van der Waals surface area (Å²) in [5.41, 5.74) is 1.82. The van der Waals surface area contributed by atoms with Crippen molar-refractivity contribution in [3.05, 3.63) is 65.5 Å². The molecule has 9 heteroatoms. The Labute approximate surface area is 189 Å². The molecule has 174 valence electrons. The van der Waals surface area contributed by atoms with Crippen LogP contribution < -0.4 is 5.32 Å². The lowest BCUT2D eigenvalue weighted by atomic mass is 9.97. The molecule has 0 saturated carbocycles. The van der Waals surface area contributed by atoms with Gasteiger partial charge in [-0.15, -0.1) is 0 Å². The number of aromatic nitrogens is 2. The smallest absolute Gasteiger partial charge is 0.345 e. The predicted octanol–water partition coefficient (Wildman–Crippen LogP) is 4.29. The van der Waals surface area contributed by atoms with E-state index in [9.17, 15) is 22.8 Å². The first kappa shape index (κ1) is 22.8. The fourth-order valence-corrected chi connectivity index (χ4v) is 4.17. The van der Waals surface area contributed by atoms with Crippen LogP contribution in [0.25, 0.3) is 11.0 Å². The molecule has 2 atom stereocenters. The Kier molecular flexibility index (Phi) is 6.14. The molecule has 2 aromatic carbocycles. The topological polar surface area (TPSA) is 78.1 Å². The molecule has 0 unspecified atom stereocenters. The Morgan fingerprint density at radius 3 is 2.58 bits per heavy atom. The summed E-state index contributed by atoms with van der Waals surface area (Å²) in [7, 11) is 0. The molecule has 1 aliphatic rings. The van der Waals surface area contributed by atoms with E-state index in [1.54, 1.807) is 17.0 Å². The molecule has 1 fully saturated rings. The molecule has 4 rings (SSSR count). The van der Waals surface area contributed by atoms with Gasteiger partial charge >= 0.3 is 6.18 Å². The van der Waals surface area contributed by atoms with Crippen LogP contribution in [0, 0.1) is 11.8 Å². The summed E-state index contributed by atoms with van der Waals surface area (Å²) in [6.45, 7) is 4.99. The molecule has 33 heavy (non-hydrogen) atoms. The van der Waals surface area contributed by atoms with Gasteiger partial charge in [0.2, 0.25) is 17.6 Å². The monoisotopic (exact) mass is 458 g/mol. The molecule has 0 radical (unpaired) electrons. The molecule has 0 aliphatic carbocycles. The van der Waals surface area contributed by atoms with Gasteiger partial charge in [-0.1, -0.05) is 50.2 Å². The van der Waals surface area contributed by atoms with Crippen molar-refractivity contribution in [3.8, 4) is 0 Å². The van der Waals surface area contributed by atoms with Crippen LogP contribution in [0.1, 0.15) is 43.3 Å². The molecule has 2 N–H and O–H groups in total. The fourth-order valence-electron chi connectivity index (χ4n) is 4.17. The summed E-state index contributed by atoms with van der Waals surface area (Å²) in [6, 6.07) is 13.3. The molecule has 1 saturated heterocycles. The second-order valence-electron chi connectivity index (χ2n) is 8.81. The molecule has 3 aromatic rings. The van der Waals surface area contributed by atoms with Gasteiger partial charge in [-0.25, -0.2) is 4.98 Å². The molecular weight excluding hydrogens is 433 g/mol. The van der Waals surface area contributed by atoms with E-state index < -0.39 is 24.0 Å². The lowest BCUT2D eigenvalue weighted by Gasteiger charge is -2.22. The third-order valence-electron chi connectivity index (χ3n) is 5.70.